The summed E-state index contributed by atoms with van der Waals surface area (Å²) in [5, 5.41) is 2.02. The molecule has 1 aliphatic carbocycles. The normalized spacial score (nSPS) is 14.0. The van der Waals surface area contributed by atoms with Gasteiger partial charge in [0.15, 0.2) is 0 Å². The molecule has 1 heterocycles. The lowest BCUT2D eigenvalue weighted by atomic mass is 9.91. The monoisotopic (exact) mass is 289 g/mol. The first-order valence-electron chi connectivity index (χ1n) is 8.02. The Bertz CT molecular complexity index is 877. The van der Waals surface area contributed by atoms with Gasteiger partial charge in [-0.25, -0.2) is 0 Å². The first kappa shape index (κ1) is 13.3. The van der Waals surface area contributed by atoms with Crippen molar-refractivity contribution >= 4 is 10.8 Å². The number of aromatic nitrogens is 1. The van der Waals surface area contributed by atoms with Crippen LogP contribution in [0.1, 0.15) is 29.7 Å². The van der Waals surface area contributed by atoms with Gasteiger partial charge in [-0.1, -0.05) is 48.5 Å². The van der Waals surface area contributed by atoms with Crippen LogP contribution in [0.5, 0.6) is 0 Å². The third-order valence-corrected chi connectivity index (χ3v) is 4.68. The molecule has 4 rings (SSSR count). The molecule has 110 valence electrons. The van der Waals surface area contributed by atoms with Crippen LogP contribution in [0.25, 0.3) is 10.8 Å². The van der Waals surface area contributed by atoms with Crippen molar-refractivity contribution in [2.45, 2.75) is 32.2 Å². The van der Waals surface area contributed by atoms with E-state index >= 15 is 0 Å². The van der Waals surface area contributed by atoms with Crippen LogP contribution < -0.4 is 5.56 Å². The van der Waals surface area contributed by atoms with E-state index in [1.807, 2.05) is 41.0 Å². The Hall–Kier alpha value is -2.35. The van der Waals surface area contributed by atoms with E-state index in [1.165, 1.54) is 29.7 Å². The van der Waals surface area contributed by atoms with Crippen molar-refractivity contribution in [2.24, 2.45) is 0 Å². The number of aryl methyl sites for hydroxylation is 1. The van der Waals surface area contributed by atoms with Gasteiger partial charge in [0.2, 0.25) is 0 Å². The van der Waals surface area contributed by atoms with Crippen LogP contribution in [0, 0.1) is 0 Å². The number of pyridine rings is 1. The van der Waals surface area contributed by atoms with Crippen molar-refractivity contribution in [2.75, 3.05) is 0 Å². The van der Waals surface area contributed by atoms with Gasteiger partial charge in [0, 0.05) is 11.1 Å². The molecule has 0 saturated heterocycles. The third-order valence-electron chi connectivity index (χ3n) is 4.68. The minimum Gasteiger partial charge on any atom is -0.307 e. The molecule has 0 N–H and O–H groups in total. The van der Waals surface area contributed by atoms with E-state index < -0.39 is 0 Å². The summed E-state index contributed by atoms with van der Waals surface area (Å²) in [6.07, 6.45) is 4.51. The van der Waals surface area contributed by atoms with Gasteiger partial charge in [-0.2, -0.15) is 0 Å². The van der Waals surface area contributed by atoms with E-state index in [4.69, 9.17) is 0 Å². The summed E-state index contributed by atoms with van der Waals surface area (Å²) >= 11 is 0. The molecular formula is C20H19NO. The molecule has 1 aliphatic rings. The van der Waals surface area contributed by atoms with E-state index in [9.17, 15) is 4.79 Å². The quantitative estimate of drug-likeness (QED) is 0.700. The van der Waals surface area contributed by atoms with Gasteiger partial charge in [0.1, 0.15) is 0 Å². The number of hydrogen-bond acceptors (Lipinski definition) is 1. The van der Waals surface area contributed by atoms with Crippen molar-refractivity contribution in [1.82, 2.24) is 4.57 Å². The van der Waals surface area contributed by atoms with Crippen LogP contribution in [0.3, 0.4) is 0 Å². The average molecular weight is 289 g/mol. The number of benzene rings is 2. The van der Waals surface area contributed by atoms with Crippen LogP contribution in [-0.2, 0) is 19.4 Å². The molecule has 3 aromatic rings. The maximum Gasteiger partial charge on any atom is 0.258 e. The standard InChI is InChI=1S/C20H19NO/c22-20-18-12-5-4-10-16(18)17-11-6-7-13-19(17)21(20)14-15-8-2-1-3-9-15/h1-5,8-10,12H,6-7,11,13-14H2. The molecule has 2 aromatic carbocycles. The van der Waals surface area contributed by atoms with Gasteiger partial charge in [0.25, 0.3) is 5.56 Å². The van der Waals surface area contributed by atoms with E-state index in [2.05, 4.69) is 18.2 Å². The Kier molecular flexibility index (Phi) is 3.30. The minimum atomic E-state index is 0.153. The van der Waals surface area contributed by atoms with Crippen molar-refractivity contribution in [1.29, 1.82) is 0 Å². The van der Waals surface area contributed by atoms with E-state index in [-0.39, 0.29) is 5.56 Å². The zero-order valence-electron chi connectivity index (χ0n) is 12.6. The maximum absolute atomic E-state index is 13.0. The fourth-order valence-corrected chi connectivity index (χ4v) is 3.61. The van der Waals surface area contributed by atoms with Gasteiger partial charge in [-0.3, -0.25) is 4.79 Å². The van der Waals surface area contributed by atoms with Gasteiger partial charge in [0.05, 0.1) is 6.54 Å². The van der Waals surface area contributed by atoms with Gasteiger partial charge in [-0.05, 0) is 48.3 Å². The molecule has 0 atom stereocenters. The SMILES string of the molecule is O=c1c2ccccc2c2c(n1Cc1ccccc1)CCCC2. The third kappa shape index (κ3) is 2.16. The Morgan fingerprint density at radius 2 is 1.50 bits per heavy atom. The fraction of sp³-hybridized carbons (Fsp3) is 0.250. The van der Waals surface area contributed by atoms with E-state index in [0.29, 0.717) is 6.54 Å². The van der Waals surface area contributed by atoms with Crippen molar-refractivity contribution in [3.8, 4) is 0 Å². The first-order valence-corrected chi connectivity index (χ1v) is 8.02. The zero-order valence-corrected chi connectivity index (χ0v) is 12.6. The molecule has 0 fully saturated rings. The number of fused-ring (bicyclic) bond motifs is 3. The lowest BCUT2D eigenvalue weighted by Crippen LogP contribution is -2.27. The topological polar surface area (TPSA) is 22.0 Å². The number of nitrogens with zero attached hydrogens (tertiary/aromatic N) is 1. The highest BCUT2D eigenvalue weighted by molar-refractivity contribution is 5.85. The second kappa shape index (κ2) is 5.45. The zero-order chi connectivity index (χ0) is 14.9. The Morgan fingerprint density at radius 3 is 2.32 bits per heavy atom. The first-order chi connectivity index (χ1) is 10.8. The molecule has 2 heteroatoms. The molecule has 0 bridgehead atoms. The fourth-order valence-electron chi connectivity index (χ4n) is 3.61. The van der Waals surface area contributed by atoms with Crippen LogP contribution >= 0.6 is 0 Å². The highest BCUT2D eigenvalue weighted by atomic mass is 16.1. The summed E-state index contributed by atoms with van der Waals surface area (Å²) in [6, 6.07) is 18.4. The average Bonchev–Trinajstić information content (AvgIpc) is 2.59. The predicted molar refractivity (Wildman–Crippen MR) is 90.4 cm³/mol. The highest BCUT2D eigenvalue weighted by Gasteiger charge is 2.19. The van der Waals surface area contributed by atoms with E-state index in [1.54, 1.807) is 0 Å². The lowest BCUT2D eigenvalue weighted by molar-refractivity contribution is 0.609. The van der Waals surface area contributed by atoms with Crippen molar-refractivity contribution in [3.05, 3.63) is 81.8 Å². The molecule has 22 heavy (non-hydrogen) atoms. The molecular weight excluding hydrogens is 270 g/mol. The smallest absolute Gasteiger partial charge is 0.258 e. The van der Waals surface area contributed by atoms with Crippen LogP contribution in [-0.4, -0.2) is 4.57 Å². The molecule has 0 amide bonds. The van der Waals surface area contributed by atoms with Crippen LogP contribution in [0.2, 0.25) is 0 Å². The molecule has 0 aliphatic heterocycles. The Labute approximate surface area is 130 Å². The van der Waals surface area contributed by atoms with Gasteiger partial charge >= 0.3 is 0 Å². The number of rotatable bonds is 2. The van der Waals surface area contributed by atoms with Gasteiger partial charge < -0.3 is 4.57 Å². The van der Waals surface area contributed by atoms with E-state index in [0.717, 1.165) is 23.6 Å². The number of hydrogen-bond donors (Lipinski definition) is 0. The second-order valence-corrected chi connectivity index (χ2v) is 6.05. The van der Waals surface area contributed by atoms with Crippen molar-refractivity contribution in [3.63, 3.8) is 0 Å². The predicted octanol–water partition coefficient (Wildman–Crippen LogP) is 3.93. The summed E-state index contributed by atoms with van der Waals surface area (Å²) in [7, 11) is 0. The summed E-state index contributed by atoms with van der Waals surface area (Å²) < 4.78 is 2.01. The molecule has 0 unspecified atom stereocenters. The second-order valence-electron chi connectivity index (χ2n) is 6.05. The van der Waals surface area contributed by atoms with Crippen LogP contribution in [0.15, 0.2) is 59.4 Å². The summed E-state index contributed by atoms with van der Waals surface area (Å²) in [4.78, 5) is 13.0. The Morgan fingerprint density at radius 1 is 0.818 bits per heavy atom. The summed E-state index contributed by atoms with van der Waals surface area (Å²) in [5.74, 6) is 0. The van der Waals surface area contributed by atoms with Crippen molar-refractivity contribution < 1.29 is 0 Å². The molecule has 0 spiro atoms. The minimum absolute atomic E-state index is 0.153. The summed E-state index contributed by atoms with van der Waals surface area (Å²) in [6.45, 7) is 0.673. The van der Waals surface area contributed by atoms with Gasteiger partial charge in [-0.15, -0.1) is 0 Å². The summed E-state index contributed by atoms with van der Waals surface area (Å²) in [5.41, 5.74) is 3.98. The van der Waals surface area contributed by atoms with Crippen LogP contribution in [0.4, 0.5) is 0 Å². The molecule has 2 nitrogen and oxygen atoms in total. The Balaban J connectivity index is 1.97. The molecule has 0 radical (unpaired) electrons. The lowest BCUT2D eigenvalue weighted by Gasteiger charge is -2.23. The molecule has 0 saturated carbocycles. The largest absolute Gasteiger partial charge is 0.307 e. The maximum atomic E-state index is 13.0. The highest BCUT2D eigenvalue weighted by Crippen LogP contribution is 2.27. The molecule has 1 aromatic heterocycles.